The Bertz CT molecular complexity index is 1390. The Balaban J connectivity index is 1.68. The smallest absolute Gasteiger partial charge is 0.180 e. The number of carbonyl (C=O) groups is 3. The number of halogens is 2. The summed E-state index contributed by atoms with van der Waals surface area (Å²) in [5.74, 6) is -1.29. The van der Waals surface area contributed by atoms with Gasteiger partial charge in [-0.25, -0.2) is 0 Å². The highest BCUT2D eigenvalue weighted by molar-refractivity contribution is 6.33. The summed E-state index contributed by atoms with van der Waals surface area (Å²) in [5, 5.41) is 1.12. The number of hydrogen-bond acceptors (Lipinski definition) is 4. The second kappa shape index (κ2) is 7.39. The van der Waals surface area contributed by atoms with Crippen molar-refractivity contribution in [3.8, 4) is 0 Å². The van der Waals surface area contributed by atoms with Crippen molar-refractivity contribution in [3.05, 3.63) is 105 Å². The summed E-state index contributed by atoms with van der Waals surface area (Å²) in [6.45, 7) is 1.52. The average Bonchev–Trinajstić information content (AvgIpc) is 3.26. The fraction of sp³-hybridized carbons (Fsp3) is 0.179. The summed E-state index contributed by atoms with van der Waals surface area (Å²) in [5.41, 5.74) is 1.71. The lowest BCUT2D eigenvalue weighted by Gasteiger charge is -2.37. The van der Waals surface area contributed by atoms with Crippen LogP contribution in [0.4, 0.5) is 5.69 Å². The van der Waals surface area contributed by atoms with Gasteiger partial charge in [0.15, 0.2) is 17.3 Å². The molecule has 0 saturated carbocycles. The van der Waals surface area contributed by atoms with Crippen LogP contribution in [0, 0.1) is 5.41 Å². The third-order valence-corrected chi connectivity index (χ3v) is 7.90. The van der Waals surface area contributed by atoms with E-state index in [4.69, 9.17) is 23.2 Å². The van der Waals surface area contributed by atoms with Gasteiger partial charge >= 0.3 is 0 Å². The number of benzene rings is 3. The molecular formula is C28H19Cl2NO3. The Morgan fingerprint density at radius 2 is 1.50 bits per heavy atom. The Morgan fingerprint density at radius 3 is 2.12 bits per heavy atom. The van der Waals surface area contributed by atoms with E-state index in [2.05, 4.69) is 0 Å². The minimum Gasteiger partial charge on any atom is -0.352 e. The minimum atomic E-state index is -1.47. The zero-order valence-corrected chi connectivity index (χ0v) is 19.7. The highest BCUT2D eigenvalue weighted by Crippen LogP contribution is 2.60. The number of Topliss-reactive ketones (excluding diaryl/α,β-unsaturated/α-hetero) is 3. The molecule has 3 aliphatic rings. The van der Waals surface area contributed by atoms with Crippen molar-refractivity contribution in [1.29, 1.82) is 0 Å². The van der Waals surface area contributed by atoms with Crippen molar-refractivity contribution < 1.29 is 14.4 Å². The quantitative estimate of drug-likeness (QED) is 0.415. The molecule has 168 valence electrons. The summed E-state index contributed by atoms with van der Waals surface area (Å²) in [6.07, 6.45) is 3.78. The summed E-state index contributed by atoms with van der Waals surface area (Å²) in [4.78, 5) is 43.7. The molecule has 0 unspecified atom stereocenters. The first-order chi connectivity index (χ1) is 16.4. The van der Waals surface area contributed by atoms with Crippen LogP contribution >= 0.6 is 23.2 Å². The van der Waals surface area contributed by atoms with E-state index in [9.17, 15) is 14.4 Å². The van der Waals surface area contributed by atoms with Gasteiger partial charge < -0.3 is 4.90 Å². The fourth-order valence-corrected chi connectivity index (χ4v) is 6.45. The lowest BCUT2D eigenvalue weighted by atomic mass is 9.64. The Labute approximate surface area is 206 Å². The number of rotatable bonds is 2. The van der Waals surface area contributed by atoms with Gasteiger partial charge in [-0.05, 0) is 48.4 Å². The number of ketones is 3. The van der Waals surface area contributed by atoms with Gasteiger partial charge in [0.1, 0.15) is 5.41 Å². The molecule has 1 fully saturated rings. The van der Waals surface area contributed by atoms with Crippen LogP contribution in [0.15, 0.2) is 72.8 Å². The topological polar surface area (TPSA) is 54.5 Å². The molecule has 1 spiro atoms. The zero-order chi connectivity index (χ0) is 23.8. The van der Waals surface area contributed by atoms with E-state index in [1.807, 2.05) is 41.3 Å². The van der Waals surface area contributed by atoms with Crippen LogP contribution in [-0.2, 0) is 4.79 Å². The van der Waals surface area contributed by atoms with Crippen molar-refractivity contribution in [2.24, 2.45) is 5.41 Å². The molecule has 1 aliphatic carbocycles. The first kappa shape index (κ1) is 21.3. The van der Waals surface area contributed by atoms with Crippen LogP contribution in [0.1, 0.15) is 44.7 Å². The summed E-state index contributed by atoms with van der Waals surface area (Å²) >= 11 is 12.4. The summed E-state index contributed by atoms with van der Waals surface area (Å²) in [7, 11) is 0. The SMILES string of the molecule is CC(=O)[C@H]1[C@@H](c2ccc(Cl)cc2)C2(C(=O)c3ccccc3C2=O)[C@H]2C=Cc3cc(Cl)ccc3N12. The highest BCUT2D eigenvalue weighted by Gasteiger charge is 2.71. The Morgan fingerprint density at radius 1 is 0.882 bits per heavy atom. The van der Waals surface area contributed by atoms with E-state index in [0.29, 0.717) is 21.2 Å². The number of fused-ring (bicyclic) bond motifs is 5. The van der Waals surface area contributed by atoms with E-state index in [-0.39, 0.29) is 17.3 Å². The molecular weight excluding hydrogens is 469 g/mol. The maximum absolute atomic E-state index is 14.2. The van der Waals surface area contributed by atoms with Gasteiger partial charge in [-0.2, -0.15) is 0 Å². The predicted molar refractivity (Wildman–Crippen MR) is 133 cm³/mol. The average molecular weight is 488 g/mol. The lowest BCUT2D eigenvalue weighted by molar-refractivity contribution is -0.118. The third kappa shape index (κ3) is 2.64. The molecule has 3 atom stereocenters. The first-order valence-corrected chi connectivity index (χ1v) is 11.8. The van der Waals surface area contributed by atoms with E-state index < -0.39 is 23.4 Å². The fourth-order valence-electron chi connectivity index (χ4n) is 6.14. The molecule has 1 saturated heterocycles. The monoisotopic (exact) mass is 487 g/mol. The van der Waals surface area contributed by atoms with Crippen molar-refractivity contribution in [3.63, 3.8) is 0 Å². The molecule has 3 aromatic carbocycles. The molecule has 0 aromatic heterocycles. The predicted octanol–water partition coefficient (Wildman–Crippen LogP) is 6.02. The second-order valence-electron chi connectivity index (χ2n) is 9.07. The van der Waals surface area contributed by atoms with Crippen molar-refractivity contribution >= 4 is 52.3 Å². The van der Waals surface area contributed by atoms with Gasteiger partial charge in [-0.1, -0.05) is 71.8 Å². The molecule has 0 N–H and O–H groups in total. The standard InChI is InChI=1S/C28H19Cl2NO3/c1-15(32)25-24(16-6-9-18(29)10-7-16)28(26(33)20-4-2-3-5-21(20)27(28)34)23-13-8-17-14-19(30)11-12-22(17)31(23)25/h2-14,23-25H,1H3/t23-,24-,25+/m1/s1. The van der Waals surface area contributed by atoms with Gasteiger partial charge in [0.2, 0.25) is 0 Å². The van der Waals surface area contributed by atoms with E-state index in [1.54, 1.807) is 42.5 Å². The molecule has 0 amide bonds. The van der Waals surface area contributed by atoms with Gasteiger partial charge in [0.25, 0.3) is 0 Å². The van der Waals surface area contributed by atoms with Crippen LogP contribution in [-0.4, -0.2) is 29.4 Å². The van der Waals surface area contributed by atoms with Crippen molar-refractivity contribution in [1.82, 2.24) is 0 Å². The maximum atomic E-state index is 14.2. The van der Waals surface area contributed by atoms with Gasteiger partial charge in [0.05, 0.1) is 12.1 Å². The van der Waals surface area contributed by atoms with Gasteiger partial charge in [0, 0.05) is 32.8 Å². The zero-order valence-electron chi connectivity index (χ0n) is 18.2. The lowest BCUT2D eigenvalue weighted by Crippen LogP contribution is -2.48. The molecule has 6 heteroatoms. The largest absolute Gasteiger partial charge is 0.352 e. The van der Waals surface area contributed by atoms with Gasteiger partial charge in [-0.15, -0.1) is 0 Å². The van der Waals surface area contributed by atoms with Crippen molar-refractivity contribution in [2.45, 2.75) is 24.9 Å². The van der Waals surface area contributed by atoms with Gasteiger partial charge in [-0.3, -0.25) is 14.4 Å². The molecule has 6 rings (SSSR count). The molecule has 0 radical (unpaired) electrons. The van der Waals surface area contributed by atoms with Crippen LogP contribution in [0.25, 0.3) is 6.08 Å². The number of hydrogen-bond donors (Lipinski definition) is 0. The molecule has 2 aliphatic heterocycles. The third-order valence-electron chi connectivity index (χ3n) is 7.41. The summed E-state index contributed by atoms with van der Waals surface area (Å²) in [6, 6.07) is 18.2. The first-order valence-electron chi connectivity index (χ1n) is 11.1. The van der Waals surface area contributed by atoms with Crippen LogP contribution in [0.2, 0.25) is 10.0 Å². The van der Waals surface area contributed by atoms with E-state index in [1.165, 1.54) is 6.92 Å². The minimum absolute atomic E-state index is 0.116. The van der Waals surface area contributed by atoms with E-state index in [0.717, 1.165) is 16.8 Å². The normalized spacial score (nSPS) is 23.7. The molecule has 0 bridgehead atoms. The molecule has 34 heavy (non-hydrogen) atoms. The second-order valence-corrected chi connectivity index (χ2v) is 9.94. The number of nitrogens with zero attached hydrogens (tertiary/aromatic N) is 1. The Hall–Kier alpha value is -3.21. The molecule has 4 nitrogen and oxygen atoms in total. The summed E-state index contributed by atoms with van der Waals surface area (Å²) < 4.78 is 0. The molecule has 2 heterocycles. The number of carbonyl (C=O) groups excluding carboxylic acids is 3. The van der Waals surface area contributed by atoms with Crippen molar-refractivity contribution in [2.75, 3.05) is 4.90 Å². The van der Waals surface area contributed by atoms with Crippen LogP contribution < -0.4 is 4.90 Å². The van der Waals surface area contributed by atoms with Crippen LogP contribution in [0.3, 0.4) is 0 Å². The Kier molecular flexibility index (Phi) is 4.64. The maximum Gasteiger partial charge on any atom is 0.180 e. The van der Waals surface area contributed by atoms with E-state index >= 15 is 0 Å². The number of anilines is 1. The van der Waals surface area contributed by atoms with Crippen LogP contribution in [0.5, 0.6) is 0 Å². The molecule has 3 aromatic rings. The highest BCUT2D eigenvalue weighted by atomic mass is 35.5.